The first-order valence-corrected chi connectivity index (χ1v) is 12.0. The molecule has 1 aromatic rings. The summed E-state index contributed by atoms with van der Waals surface area (Å²) in [6.07, 6.45) is 0.657. The summed E-state index contributed by atoms with van der Waals surface area (Å²) in [4.78, 5) is 6.00. The molecule has 0 radical (unpaired) electrons. The van der Waals surface area contributed by atoms with Crippen molar-refractivity contribution in [1.29, 1.82) is 0 Å². The molecule has 1 N–H and O–H groups in total. The molecule has 0 spiro atoms. The number of phenolic OH excluding ortho intramolecular Hbond substituents is 1. The standard InChI is InChI=1S/C20H33NO3Si/c1-14(2)20(16-9-11-17(22)12-10-16)13-18(21-24-20)15(3)23-25(7,8)19(4,5)6/h9-12,14-15,22H,13H2,1-8H3. The number of aromatic hydroxyl groups is 1. The first-order valence-electron chi connectivity index (χ1n) is 9.11. The van der Waals surface area contributed by atoms with Gasteiger partial charge in [-0.15, -0.1) is 0 Å². The fraction of sp³-hybridized carbons (Fsp3) is 0.650. The van der Waals surface area contributed by atoms with Crippen molar-refractivity contribution in [3.8, 4) is 5.75 Å². The zero-order chi connectivity index (χ0) is 19.0. The second kappa shape index (κ2) is 6.76. The second-order valence-corrected chi connectivity index (χ2v) is 13.7. The lowest BCUT2D eigenvalue weighted by molar-refractivity contribution is -0.0593. The highest BCUT2D eigenvalue weighted by molar-refractivity contribution is 6.74. The molecule has 0 fully saturated rings. The zero-order valence-electron chi connectivity index (χ0n) is 16.9. The van der Waals surface area contributed by atoms with Gasteiger partial charge in [-0.1, -0.05) is 51.9 Å². The minimum absolute atomic E-state index is 0.0568. The van der Waals surface area contributed by atoms with E-state index >= 15 is 0 Å². The monoisotopic (exact) mass is 363 g/mol. The molecule has 2 rings (SSSR count). The fourth-order valence-corrected chi connectivity index (χ4v) is 4.29. The average Bonchev–Trinajstić information content (AvgIpc) is 2.93. The number of nitrogens with zero attached hydrogens (tertiary/aromatic N) is 1. The van der Waals surface area contributed by atoms with Crippen molar-refractivity contribution in [3.05, 3.63) is 29.8 Å². The van der Waals surface area contributed by atoms with E-state index < -0.39 is 13.9 Å². The lowest BCUT2D eigenvalue weighted by Gasteiger charge is -2.38. The number of hydrogen-bond donors (Lipinski definition) is 1. The molecule has 1 aliphatic rings. The summed E-state index contributed by atoms with van der Waals surface area (Å²) >= 11 is 0. The summed E-state index contributed by atoms with van der Waals surface area (Å²) < 4.78 is 6.50. The molecule has 0 aliphatic carbocycles. The van der Waals surface area contributed by atoms with E-state index in [-0.39, 0.29) is 22.8 Å². The van der Waals surface area contributed by atoms with Crippen molar-refractivity contribution in [2.45, 2.75) is 77.8 Å². The van der Waals surface area contributed by atoms with E-state index in [0.717, 1.165) is 11.3 Å². The summed E-state index contributed by atoms with van der Waals surface area (Å²) in [5, 5.41) is 14.2. The third-order valence-corrected chi connectivity index (χ3v) is 10.4. The molecular formula is C20H33NO3Si. The van der Waals surface area contributed by atoms with E-state index in [4.69, 9.17) is 9.26 Å². The molecule has 25 heavy (non-hydrogen) atoms. The Labute approximate surface area is 153 Å². The average molecular weight is 364 g/mol. The van der Waals surface area contributed by atoms with Gasteiger partial charge < -0.3 is 14.4 Å². The molecule has 1 heterocycles. The number of benzene rings is 1. The summed E-state index contributed by atoms with van der Waals surface area (Å²) in [6, 6.07) is 7.26. The maximum absolute atomic E-state index is 9.58. The Morgan fingerprint density at radius 2 is 1.72 bits per heavy atom. The van der Waals surface area contributed by atoms with Crippen molar-refractivity contribution in [2.75, 3.05) is 0 Å². The van der Waals surface area contributed by atoms with Crippen LogP contribution in [0.2, 0.25) is 18.1 Å². The molecule has 0 bridgehead atoms. The maximum atomic E-state index is 9.58. The second-order valence-electron chi connectivity index (χ2n) is 8.96. The van der Waals surface area contributed by atoms with E-state index in [1.807, 2.05) is 12.1 Å². The van der Waals surface area contributed by atoms with Crippen LogP contribution in [0.1, 0.15) is 53.5 Å². The minimum Gasteiger partial charge on any atom is -0.508 e. The van der Waals surface area contributed by atoms with Crippen molar-refractivity contribution in [1.82, 2.24) is 0 Å². The number of rotatable bonds is 5. The highest BCUT2D eigenvalue weighted by atomic mass is 28.4. The highest BCUT2D eigenvalue weighted by Crippen LogP contribution is 2.43. The summed E-state index contributed by atoms with van der Waals surface area (Å²) in [5.74, 6) is 0.509. The fourth-order valence-electron chi connectivity index (χ4n) is 2.92. The smallest absolute Gasteiger partial charge is 0.192 e. The molecule has 1 aliphatic heterocycles. The Morgan fingerprint density at radius 1 is 1.16 bits per heavy atom. The van der Waals surface area contributed by atoms with Crippen molar-refractivity contribution in [3.63, 3.8) is 0 Å². The Kier molecular flexibility index (Phi) is 5.41. The normalized spacial score (nSPS) is 22.7. The molecule has 0 saturated heterocycles. The van der Waals surface area contributed by atoms with Crippen molar-refractivity contribution in [2.24, 2.45) is 11.1 Å². The van der Waals surface area contributed by atoms with Gasteiger partial charge in [-0.25, -0.2) is 0 Å². The van der Waals surface area contributed by atoms with Crippen LogP contribution in [0.3, 0.4) is 0 Å². The Balaban J connectivity index is 2.20. The first kappa shape index (κ1) is 20.0. The van der Waals surface area contributed by atoms with Crippen LogP contribution < -0.4 is 0 Å². The number of phenols is 1. The topological polar surface area (TPSA) is 51.0 Å². The third kappa shape index (κ3) is 3.92. The van der Waals surface area contributed by atoms with Gasteiger partial charge in [-0.05, 0) is 42.8 Å². The number of hydrogen-bond acceptors (Lipinski definition) is 4. The Bertz CT molecular complexity index is 631. The molecule has 140 valence electrons. The third-order valence-electron chi connectivity index (χ3n) is 5.80. The molecule has 2 atom stereocenters. The van der Waals surface area contributed by atoms with E-state index in [9.17, 15) is 5.11 Å². The first-order chi connectivity index (χ1) is 11.4. The maximum Gasteiger partial charge on any atom is 0.192 e. The number of oxime groups is 1. The van der Waals surface area contributed by atoms with Gasteiger partial charge in [-0.2, -0.15) is 0 Å². The molecule has 0 saturated carbocycles. The Hall–Kier alpha value is -1.33. The molecule has 2 unspecified atom stereocenters. The van der Waals surface area contributed by atoms with Crippen LogP contribution in [0.5, 0.6) is 5.75 Å². The molecule has 0 amide bonds. The lowest BCUT2D eigenvalue weighted by Crippen LogP contribution is -2.45. The van der Waals surface area contributed by atoms with Crippen LogP contribution in [0.15, 0.2) is 29.4 Å². The summed E-state index contributed by atoms with van der Waals surface area (Å²) in [6.45, 7) is 17.6. The molecule has 1 aromatic carbocycles. The highest BCUT2D eigenvalue weighted by Gasteiger charge is 2.47. The van der Waals surface area contributed by atoms with Gasteiger partial charge in [0.25, 0.3) is 0 Å². The summed E-state index contributed by atoms with van der Waals surface area (Å²) in [7, 11) is -1.87. The minimum atomic E-state index is -1.87. The van der Waals surface area contributed by atoms with Crippen LogP contribution in [-0.4, -0.2) is 25.2 Å². The largest absolute Gasteiger partial charge is 0.508 e. The van der Waals surface area contributed by atoms with E-state index in [0.29, 0.717) is 6.42 Å². The lowest BCUT2D eigenvalue weighted by atomic mass is 9.79. The van der Waals surface area contributed by atoms with Crippen LogP contribution in [0.25, 0.3) is 0 Å². The predicted molar refractivity (Wildman–Crippen MR) is 106 cm³/mol. The molecular weight excluding hydrogens is 330 g/mol. The van der Waals surface area contributed by atoms with Crippen LogP contribution >= 0.6 is 0 Å². The van der Waals surface area contributed by atoms with Crippen LogP contribution in [0.4, 0.5) is 0 Å². The zero-order valence-corrected chi connectivity index (χ0v) is 17.9. The van der Waals surface area contributed by atoms with Crippen LogP contribution in [0, 0.1) is 5.92 Å². The van der Waals surface area contributed by atoms with E-state index in [1.165, 1.54) is 0 Å². The van der Waals surface area contributed by atoms with Crippen LogP contribution in [-0.2, 0) is 14.9 Å². The van der Waals surface area contributed by atoms with Gasteiger partial charge in [0.1, 0.15) is 5.75 Å². The predicted octanol–water partition coefficient (Wildman–Crippen LogP) is 5.43. The van der Waals surface area contributed by atoms with Crippen molar-refractivity contribution >= 4 is 14.0 Å². The van der Waals surface area contributed by atoms with Gasteiger partial charge in [0, 0.05) is 12.3 Å². The van der Waals surface area contributed by atoms with Gasteiger partial charge in [0.15, 0.2) is 13.9 Å². The molecule has 5 heteroatoms. The van der Waals surface area contributed by atoms with Gasteiger partial charge in [-0.3, -0.25) is 0 Å². The molecule has 4 nitrogen and oxygen atoms in total. The van der Waals surface area contributed by atoms with Gasteiger partial charge in [0.2, 0.25) is 0 Å². The quantitative estimate of drug-likeness (QED) is 0.710. The van der Waals surface area contributed by atoms with Gasteiger partial charge in [0.05, 0.1) is 11.8 Å². The van der Waals surface area contributed by atoms with E-state index in [1.54, 1.807) is 12.1 Å². The Morgan fingerprint density at radius 3 is 2.20 bits per heavy atom. The SMILES string of the molecule is CC(O[Si](C)(C)C(C)(C)C)C1=NOC(c2ccc(O)cc2)(C(C)C)C1. The van der Waals surface area contributed by atoms with Crippen molar-refractivity contribution < 1.29 is 14.4 Å². The summed E-state index contributed by atoms with van der Waals surface area (Å²) in [5.41, 5.74) is 1.51. The van der Waals surface area contributed by atoms with Gasteiger partial charge >= 0.3 is 0 Å². The molecule has 0 aromatic heterocycles. The van der Waals surface area contributed by atoms with E-state index in [2.05, 4.69) is 59.8 Å².